The van der Waals surface area contributed by atoms with Crippen molar-refractivity contribution in [2.45, 2.75) is 6.92 Å². The summed E-state index contributed by atoms with van der Waals surface area (Å²) in [6.45, 7) is 2.75. The fourth-order valence-corrected chi connectivity index (χ4v) is 1.77. The van der Waals surface area contributed by atoms with Crippen LogP contribution < -0.4 is 15.5 Å². The molecule has 0 aliphatic carbocycles. The molecule has 0 spiro atoms. The highest BCUT2D eigenvalue weighted by Gasteiger charge is 1.98. The van der Waals surface area contributed by atoms with Crippen molar-refractivity contribution >= 4 is 17.8 Å². The molecule has 0 saturated heterocycles. The Labute approximate surface area is 130 Å². The Bertz CT molecular complexity index is 610. The van der Waals surface area contributed by atoms with E-state index in [1.165, 1.54) is 0 Å². The van der Waals surface area contributed by atoms with E-state index >= 15 is 0 Å². The zero-order valence-electron chi connectivity index (χ0n) is 12.5. The van der Waals surface area contributed by atoms with Gasteiger partial charge in [0, 0.05) is 5.69 Å². The average Bonchev–Trinajstić information content (AvgIpc) is 2.56. The number of carbonyl (C=O) groups is 1. The molecule has 2 aromatic carbocycles. The second-order valence-electron chi connectivity index (χ2n) is 4.51. The molecule has 114 valence electrons. The van der Waals surface area contributed by atoms with Crippen LogP contribution in [0.15, 0.2) is 59.7 Å². The van der Waals surface area contributed by atoms with E-state index in [2.05, 4.69) is 15.8 Å². The zero-order chi connectivity index (χ0) is 15.6. The maximum atomic E-state index is 11.6. The molecule has 1 amide bonds. The molecular weight excluding hydrogens is 278 g/mol. The van der Waals surface area contributed by atoms with Crippen LogP contribution in [0.3, 0.4) is 0 Å². The first-order valence-electron chi connectivity index (χ1n) is 7.11. The standard InChI is InChI=1S/C17H19N3O2/c1-2-22-16-10-8-14(9-11-16)12-19-20-17(21)13-18-15-6-4-3-5-7-15/h3-12,18H,2,13H2,1H3,(H,20,21)/b19-12+. The number of nitrogens with zero attached hydrogens (tertiary/aromatic N) is 1. The van der Waals surface area contributed by atoms with Gasteiger partial charge in [-0.05, 0) is 48.9 Å². The van der Waals surface area contributed by atoms with E-state index in [1.54, 1.807) is 6.21 Å². The van der Waals surface area contributed by atoms with E-state index < -0.39 is 0 Å². The molecule has 0 bridgehead atoms. The second-order valence-corrected chi connectivity index (χ2v) is 4.51. The van der Waals surface area contributed by atoms with E-state index in [1.807, 2.05) is 61.5 Å². The maximum absolute atomic E-state index is 11.6. The first-order chi connectivity index (χ1) is 10.8. The van der Waals surface area contributed by atoms with Crippen molar-refractivity contribution in [2.75, 3.05) is 18.5 Å². The Balaban J connectivity index is 1.75. The van der Waals surface area contributed by atoms with Gasteiger partial charge in [-0.1, -0.05) is 18.2 Å². The lowest BCUT2D eigenvalue weighted by Crippen LogP contribution is -2.25. The summed E-state index contributed by atoms with van der Waals surface area (Å²) in [6.07, 6.45) is 1.59. The number of nitrogens with one attached hydrogen (secondary N) is 2. The van der Waals surface area contributed by atoms with Crippen molar-refractivity contribution < 1.29 is 9.53 Å². The van der Waals surface area contributed by atoms with Crippen molar-refractivity contribution in [1.82, 2.24) is 5.43 Å². The highest BCUT2D eigenvalue weighted by atomic mass is 16.5. The average molecular weight is 297 g/mol. The Kier molecular flexibility index (Phi) is 5.99. The summed E-state index contributed by atoms with van der Waals surface area (Å²) < 4.78 is 5.36. The number of carbonyl (C=O) groups excluding carboxylic acids is 1. The van der Waals surface area contributed by atoms with Crippen LogP contribution in [0.5, 0.6) is 5.75 Å². The molecule has 0 heterocycles. The Hall–Kier alpha value is -2.82. The van der Waals surface area contributed by atoms with Crippen molar-refractivity contribution in [1.29, 1.82) is 0 Å². The van der Waals surface area contributed by atoms with Gasteiger partial charge in [0.2, 0.25) is 0 Å². The molecule has 0 radical (unpaired) electrons. The van der Waals surface area contributed by atoms with Crippen LogP contribution in [0.2, 0.25) is 0 Å². The molecule has 2 aromatic rings. The van der Waals surface area contributed by atoms with Crippen molar-refractivity contribution in [2.24, 2.45) is 5.10 Å². The summed E-state index contributed by atoms with van der Waals surface area (Å²) in [4.78, 5) is 11.6. The van der Waals surface area contributed by atoms with Crippen LogP contribution in [0.1, 0.15) is 12.5 Å². The molecule has 0 fully saturated rings. The number of amides is 1. The van der Waals surface area contributed by atoms with Gasteiger partial charge in [0.25, 0.3) is 5.91 Å². The lowest BCUT2D eigenvalue weighted by atomic mass is 10.2. The maximum Gasteiger partial charge on any atom is 0.259 e. The summed E-state index contributed by atoms with van der Waals surface area (Å²) >= 11 is 0. The number of ether oxygens (including phenoxy) is 1. The van der Waals surface area contributed by atoms with E-state index in [4.69, 9.17) is 4.74 Å². The Morgan fingerprint density at radius 1 is 1.14 bits per heavy atom. The predicted octanol–water partition coefficient (Wildman–Crippen LogP) is 2.65. The molecule has 22 heavy (non-hydrogen) atoms. The van der Waals surface area contributed by atoms with Gasteiger partial charge < -0.3 is 10.1 Å². The highest BCUT2D eigenvalue weighted by molar-refractivity contribution is 5.84. The SMILES string of the molecule is CCOc1ccc(/C=N/NC(=O)CNc2ccccc2)cc1. The third-order valence-electron chi connectivity index (χ3n) is 2.82. The molecule has 0 aromatic heterocycles. The first kappa shape index (κ1) is 15.6. The van der Waals surface area contributed by atoms with E-state index in [0.717, 1.165) is 17.0 Å². The molecule has 0 unspecified atom stereocenters. The minimum Gasteiger partial charge on any atom is -0.494 e. The lowest BCUT2D eigenvalue weighted by Gasteiger charge is -2.04. The number of hydrogen-bond donors (Lipinski definition) is 2. The van der Waals surface area contributed by atoms with Crippen LogP contribution in [0.4, 0.5) is 5.69 Å². The predicted molar refractivity (Wildman–Crippen MR) is 88.3 cm³/mol. The Morgan fingerprint density at radius 2 is 1.86 bits per heavy atom. The number of hydrogen-bond acceptors (Lipinski definition) is 4. The number of anilines is 1. The van der Waals surface area contributed by atoms with Gasteiger partial charge in [-0.15, -0.1) is 0 Å². The summed E-state index contributed by atoms with van der Waals surface area (Å²) in [5.41, 5.74) is 4.26. The third-order valence-corrected chi connectivity index (χ3v) is 2.82. The summed E-state index contributed by atoms with van der Waals surface area (Å²) in [6, 6.07) is 17.0. The third kappa shape index (κ3) is 5.28. The fraction of sp³-hybridized carbons (Fsp3) is 0.176. The van der Waals surface area contributed by atoms with Crippen LogP contribution in [-0.2, 0) is 4.79 Å². The van der Waals surface area contributed by atoms with Crippen LogP contribution in [0, 0.1) is 0 Å². The van der Waals surface area contributed by atoms with Gasteiger partial charge in [-0.25, -0.2) is 5.43 Å². The largest absolute Gasteiger partial charge is 0.494 e. The summed E-state index contributed by atoms with van der Waals surface area (Å²) in [5.74, 6) is 0.613. The smallest absolute Gasteiger partial charge is 0.259 e. The molecular formula is C17H19N3O2. The first-order valence-corrected chi connectivity index (χ1v) is 7.11. The molecule has 0 aliphatic rings. The second kappa shape index (κ2) is 8.46. The number of benzene rings is 2. The van der Waals surface area contributed by atoms with Crippen molar-refractivity contribution in [3.8, 4) is 5.75 Å². The van der Waals surface area contributed by atoms with Gasteiger partial charge in [-0.3, -0.25) is 4.79 Å². The summed E-state index contributed by atoms with van der Waals surface area (Å²) in [5, 5.41) is 6.94. The van der Waals surface area contributed by atoms with Crippen LogP contribution >= 0.6 is 0 Å². The molecule has 0 atom stereocenters. The van der Waals surface area contributed by atoms with Crippen LogP contribution in [0.25, 0.3) is 0 Å². The van der Waals surface area contributed by atoms with E-state index in [9.17, 15) is 4.79 Å². The van der Waals surface area contributed by atoms with Gasteiger partial charge in [-0.2, -0.15) is 5.10 Å². The normalized spacial score (nSPS) is 10.4. The van der Waals surface area contributed by atoms with E-state index in [-0.39, 0.29) is 12.5 Å². The molecule has 0 saturated carbocycles. The quantitative estimate of drug-likeness (QED) is 0.610. The zero-order valence-corrected chi connectivity index (χ0v) is 12.5. The van der Waals surface area contributed by atoms with Gasteiger partial charge >= 0.3 is 0 Å². The molecule has 0 aliphatic heterocycles. The van der Waals surface area contributed by atoms with Gasteiger partial charge in [0.1, 0.15) is 5.75 Å². The Morgan fingerprint density at radius 3 is 2.55 bits per heavy atom. The molecule has 2 N–H and O–H groups in total. The highest BCUT2D eigenvalue weighted by Crippen LogP contribution is 2.10. The molecule has 2 rings (SSSR count). The topological polar surface area (TPSA) is 62.7 Å². The monoisotopic (exact) mass is 297 g/mol. The fourth-order valence-electron chi connectivity index (χ4n) is 1.77. The van der Waals surface area contributed by atoms with Crippen molar-refractivity contribution in [3.63, 3.8) is 0 Å². The minimum absolute atomic E-state index is 0.171. The van der Waals surface area contributed by atoms with Crippen LogP contribution in [-0.4, -0.2) is 25.3 Å². The number of hydrazone groups is 1. The van der Waals surface area contributed by atoms with Gasteiger partial charge in [0.05, 0.1) is 19.4 Å². The minimum atomic E-state index is -0.203. The molecule has 5 nitrogen and oxygen atoms in total. The van der Waals surface area contributed by atoms with Crippen molar-refractivity contribution in [3.05, 3.63) is 60.2 Å². The van der Waals surface area contributed by atoms with E-state index in [0.29, 0.717) is 6.61 Å². The lowest BCUT2D eigenvalue weighted by molar-refractivity contribution is -0.119. The number of para-hydroxylation sites is 1. The number of rotatable bonds is 7. The summed E-state index contributed by atoms with van der Waals surface area (Å²) in [7, 11) is 0. The van der Waals surface area contributed by atoms with Gasteiger partial charge in [0.15, 0.2) is 0 Å². The molecule has 5 heteroatoms.